The molecule has 2 heterocycles. The summed E-state index contributed by atoms with van der Waals surface area (Å²) in [5.74, 6) is 0.523. The Bertz CT molecular complexity index is 838. The van der Waals surface area contributed by atoms with Crippen molar-refractivity contribution in [3.05, 3.63) is 77.7 Å². The Kier molecular flexibility index (Phi) is 3.51. The molecule has 4 heteroatoms. The second-order valence-electron chi connectivity index (χ2n) is 4.49. The summed E-state index contributed by atoms with van der Waals surface area (Å²) in [7, 11) is 0. The van der Waals surface area contributed by atoms with Crippen LogP contribution in [0.2, 0.25) is 0 Å². The molecular weight excluding hydrogens is 264 g/mol. The second kappa shape index (κ2) is 5.63. The first-order valence-electron chi connectivity index (χ1n) is 6.61. The lowest BCUT2D eigenvalue weighted by Crippen LogP contribution is -2.19. The fourth-order valence-electron chi connectivity index (χ4n) is 2.22. The third kappa shape index (κ3) is 2.43. The maximum absolute atomic E-state index is 12.4. The maximum atomic E-state index is 12.4. The van der Waals surface area contributed by atoms with Gasteiger partial charge in [-0.3, -0.25) is 9.36 Å². The van der Waals surface area contributed by atoms with E-state index in [1.54, 1.807) is 16.8 Å². The lowest BCUT2D eigenvalue weighted by molar-refractivity contribution is 0.366. The fourth-order valence-corrected chi connectivity index (χ4v) is 2.22. The molecule has 0 atom stereocenters. The van der Waals surface area contributed by atoms with Crippen LogP contribution >= 0.6 is 0 Å². The second-order valence-corrected chi connectivity index (χ2v) is 4.49. The summed E-state index contributed by atoms with van der Waals surface area (Å²) in [6, 6.07) is 14.6. The van der Waals surface area contributed by atoms with Crippen molar-refractivity contribution >= 4 is 11.0 Å². The molecule has 3 rings (SSSR count). The number of rotatable bonds is 4. The third-order valence-electron chi connectivity index (χ3n) is 3.11. The molecule has 2 aromatic heterocycles. The number of pyridine rings is 2. The Morgan fingerprint density at radius 3 is 2.76 bits per heavy atom. The van der Waals surface area contributed by atoms with Gasteiger partial charge in [0, 0.05) is 12.3 Å². The molecule has 104 valence electrons. The van der Waals surface area contributed by atoms with E-state index in [4.69, 9.17) is 4.74 Å². The molecule has 0 unspecified atom stereocenters. The van der Waals surface area contributed by atoms with Gasteiger partial charge >= 0.3 is 0 Å². The van der Waals surface area contributed by atoms with E-state index in [0.29, 0.717) is 18.0 Å². The van der Waals surface area contributed by atoms with E-state index in [1.165, 1.54) is 6.07 Å². The van der Waals surface area contributed by atoms with Crippen molar-refractivity contribution in [1.82, 2.24) is 9.55 Å². The Hall–Kier alpha value is -2.88. The Morgan fingerprint density at radius 2 is 2.00 bits per heavy atom. The molecule has 0 aliphatic heterocycles. The van der Waals surface area contributed by atoms with Crippen LogP contribution in [-0.2, 0) is 0 Å². The standard InChI is InChI=1S/C17H14N2O2/c1-2-11-21-15-12-16(20)19(13-7-4-3-5-8-13)17-14(15)9-6-10-18-17/h2-10,12H,1,11H2. The summed E-state index contributed by atoms with van der Waals surface area (Å²) in [6.45, 7) is 3.97. The molecule has 0 aliphatic rings. The normalized spacial score (nSPS) is 10.5. The summed E-state index contributed by atoms with van der Waals surface area (Å²) >= 11 is 0. The predicted molar refractivity (Wildman–Crippen MR) is 83.0 cm³/mol. The highest BCUT2D eigenvalue weighted by Crippen LogP contribution is 2.23. The minimum atomic E-state index is -0.175. The van der Waals surface area contributed by atoms with Gasteiger partial charge in [0.15, 0.2) is 5.65 Å². The molecule has 0 aliphatic carbocycles. The zero-order valence-corrected chi connectivity index (χ0v) is 11.4. The smallest absolute Gasteiger partial charge is 0.260 e. The number of hydrogen-bond acceptors (Lipinski definition) is 3. The minimum Gasteiger partial charge on any atom is -0.489 e. The number of para-hydroxylation sites is 1. The molecule has 0 amide bonds. The van der Waals surface area contributed by atoms with Gasteiger partial charge in [0.2, 0.25) is 0 Å². The highest BCUT2D eigenvalue weighted by molar-refractivity contribution is 5.83. The van der Waals surface area contributed by atoms with E-state index in [9.17, 15) is 4.79 Å². The van der Waals surface area contributed by atoms with Gasteiger partial charge in [-0.2, -0.15) is 0 Å². The van der Waals surface area contributed by atoms with Crippen molar-refractivity contribution in [2.45, 2.75) is 0 Å². The van der Waals surface area contributed by atoms with Gasteiger partial charge in [0.1, 0.15) is 12.4 Å². The average Bonchev–Trinajstić information content (AvgIpc) is 2.53. The van der Waals surface area contributed by atoms with E-state index in [1.807, 2.05) is 42.5 Å². The van der Waals surface area contributed by atoms with E-state index in [-0.39, 0.29) is 5.56 Å². The lowest BCUT2D eigenvalue weighted by atomic mass is 10.2. The molecule has 4 nitrogen and oxygen atoms in total. The van der Waals surface area contributed by atoms with Crippen LogP contribution in [0.3, 0.4) is 0 Å². The van der Waals surface area contributed by atoms with Crippen LogP contribution in [0, 0.1) is 0 Å². The molecule has 0 saturated carbocycles. The highest BCUT2D eigenvalue weighted by Gasteiger charge is 2.11. The number of benzene rings is 1. The van der Waals surface area contributed by atoms with Crippen molar-refractivity contribution in [2.24, 2.45) is 0 Å². The summed E-state index contributed by atoms with van der Waals surface area (Å²) < 4.78 is 7.15. The van der Waals surface area contributed by atoms with Crippen LogP contribution in [0.25, 0.3) is 16.7 Å². The van der Waals surface area contributed by atoms with Crippen LogP contribution in [-0.4, -0.2) is 16.2 Å². The number of nitrogens with zero attached hydrogens (tertiary/aromatic N) is 2. The van der Waals surface area contributed by atoms with Crippen LogP contribution in [0.5, 0.6) is 5.75 Å². The molecule has 0 radical (unpaired) electrons. The van der Waals surface area contributed by atoms with Gasteiger partial charge in [0.05, 0.1) is 11.1 Å². The number of fused-ring (bicyclic) bond motifs is 1. The molecular formula is C17H14N2O2. The zero-order chi connectivity index (χ0) is 14.7. The first-order valence-corrected chi connectivity index (χ1v) is 6.61. The first kappa shape index (κ1) is 13.1. The van der Waals surface area contributed by atoms with Gasteiger partial charge in [0.25, 0.3) is 5.56 Å². The highest BCUT2D eigenvalue weighted by atomic mass is 16.5. The number of aromatic nitrogens is 2. The molecule has 21 heavy (non-hydrogen) atoms. The van der Waals surface area contributed by atoms with Crippen LogP contribution in [0.1, 0.15) is 0 Å². The van der Waals surface area contributed by atoms with E-state index in [2.05, 4.69) is 11.6 Å². The summed E-state index contributed by atoms with van der Waals surface area (Å²) in [4.78, 5) is 16.8. The topological polar surface area (TPSA) is 44.1 Å². The largest absolute Gasteiger partial charge is 0.489 e. The molecule has 0 saturated heterocycles. The Morgan fingerprint density at radius 1 is 1.19 bits per heavy atom. The Labute approximate surface area is 121 Å². The minimum absolute atomic E-state index is 0.175. The maximum Gasteiger partial charge on any atom is 0.260 e. The number of ether oxygens (including phenoxy) is 1. The molecule has 3 aromatic rings. The van der Waals surface area contributed by atoms with Gasteiger partial charge in [-0.25, -0.2) is 4.98 Å². The van der Waals surface area contributed by atoms with Crippen molar-refractivity contribution in [2.75, 3.05) is 6.61 Å². The van der Waals surface area contributed by atoms with Gasteiger partial charge in [-0.05, 0) is 24.3 Å². The van der Waals surface area contributed by atoms with E-state index >= 15 is 0 Å². The molecule has 0 fully saturated rings. The van der Waals surface area contributed by atoms with Crippen molar-refractivity contribution in [3.63, 3.8) is 0 Å². The molecule has 0 bridgehead atoms. The zero-order valence-electron chi connectivity index (χ0n) is 11.4. The van der Waals surface area contributed by atoms with Crippen LogP contribution in [0.4, 0.5) is 0 Å². The van der Waals surface area contributed by atoms with Crippen LogP contribution < -0.4 is 10.3 Å². The van der Waals surface area contributed by atoms with Crippen molar-refractivity contribution < 1.29 is 4.74 Å². The fraction of sp³-hybridized carbons (Fsp3) is 0.0588. The van der Waals surface area contributed by atoms with Crippen molar-refractivity contribution in [3.8, 4) is 11.4 Å². The molecule has 0 N–H and O–H groups in total. The average molecular weight is 278 g/mol. The van der Waals surface area contributed by atoms with Gasteiger partial charge in [-0.1, -0.05) is 30.9 Å². The van der Waals surface area contributed by atoms with Crippen molar-refractivity contribution in [1.29, 1.82) is 0 Å². The third-order valence-corrected chi connectivity index (χ3v) is 3.11. The lowest BCUT2D eigenvalue weighted by Gasteiger charge is -2.12. The van der Waals surface area contributed by atoms with Gasteiger partial charge in [-0.15, -0.1) is 0 Å². The molecule has 0 spiro atoms. The van der Waals surface area contributed by atoms with Crippen LogP contribution in [0.15, 0.2) is 72.2 Å². The summed E-state index contributed by atoms with van der Waals surface area (Å²) in [5, 5.41) is 0.794. The van der Waals surface area contributed by atoms with Gasteiger partial charge < -0.3 is 4.74 Å². The SMILES string of the molecule is C=CCOc1cc(=O)n(-c2ccccc2)c2ncccc12. The summed E-state index contributed by atoms with van der Waals surface area (Å²) in [6.07, 6.45) is 3.31. The predicted octanol–water partition coefficient (Wildman–Crippen LogP) is 2.95. The first-order chi connectivity index (χ1) is 10.3. The van der Waals surface area contributed by atoms with E-state index < -0.39 is 0 Å². The monoisotopic (exact) mass is 278 g/mol. The Balaban J connectivity index is 2.30. The molecule has 1 aromatic carbocycles. The quantitative estimate of drug-likeness (QED) is 0.689. The van der Waals surface area contributed by atoms with E-state index in [0.717, 1.165) is 11.1 Å². The summed E-state index contributed by atoms with van der Waals surface area (Å²) in [5.41, 5.74) is 1.18. The number of hydrogen-bond donors (Lipinski definition) is 0.